The zero-order chi connectivity index (χ0) is 11.0. The van der Waals surface area contributed by atoms with Crippen molar-refractivity contribution >= 4 is 17.3 Å². The standard InChI is InChI=1S/C10H14N2O2S.Li/c1-6(2)12-4-3-8-7(5-12)11-9(15-8)10(13)14;/h6H,3-5H2,1-2H3,(H,13,14);/q;+1/p-1. The maximum Gasteiger partial charge on any atom is 1.00 e. The second kappa shape index (κ2) is 5.33. The molecule has 0 atom stereocenters. The van der Waals surface area contributed by atoms with E-state index in [1.165, 1.54) is 11.3 Å². The summed E-state index contributed by atoms with van der Waals surface area (Å²) in [4.78, 5) is 18.2. The second-order valence-electron chi connectivity index (χ2n) is 3.99. The molecule has 1 aliphatic heterocycles. The van der Waals surface area contributed by atoms with Crippen LogP contribution in [0, 0.1) is 0 Å². The number of nitrogens with zero attached hydrogens (tertiary/aromatic N) is 2. The first-order chi connectivity index (χ1) is 7.08. The van der Waals surface area contributed by atoms with Crippen molar-refractivity contribution < 1.29 is 28.8 Å². The van der Waals surface area contributed by atoms with E-state index < -0.39 is 5.97 Å². The molecule has 82 valence electrons. The van der Waals surface area contributed by atoms with Gasteiger partial charge in [-0.15, -0.1) is 11.3 Å². The van der Waals surface area contributed by atoms with Crippen molar-refractivity contribution in [1.29, 1.82) is 0 Å². The molecule has 2 rings (SSSR count). The van der Waals surface area contributed by atoms with Gasteiger partial charge in [-0.25, -0.2) is 4.98 Å². The SMILES string of the molecule is CC(C)N1CCc2sc(C(=O)[O-])nc2C1.[Li+]. The molecule has 0 bridgehead atoms. The van der Waals surface area contributed by atoms with Gasteiger partial charge in [0.1, 0.15) is 11.0 Å². The molecule has 0 unspecified atom stereocenters. The van der Waals surface area contributed by atoms with E-state index in [-0.39, 0.29) is 23.9 Å². The van der Waals surface area contributed by atoms with E-state index in [0.717, 1.165) is 30.1 Å². The number of hydrogen-bond donors (Lipinski definition) is 0. The topological polar surface area (TPSA) is 56.3 Å². The molecule has 0 N–H and O–H groups in total. The van der Waals surface area contributed by atoms with Gasteiger partial charge in [0, 0.05) is 24.0 Å². The van der Waals surface area contributed by atoms with Crippen molar-refractivity contribution in [2.45, 2.75) is 32.9 Å². The van der Waals surface area contributed by atoms with Crippen LogP contribution in [0.4, 0.5) is 0 Å². The molecule has 1 aromatic rings. The van der Waals surface area contributed by atoms with E-state index >= 15 is 0 Å². The van der Waals surface area contributed by atoms with E-state index in [2.05, 4.69) is 23.7 Å². The van der Waals surface area contributed by atoms with Gasteiger partial charge in [0.15, 0.2) is 0 Å². The molecule has 0 radical (unpaired) electrons. The van der Waals surface area contributed by atoms with E-state index in [1.807, 2.05) is 0 Å². The monoisotopic (exact) mass is 232 g/mol. The Bertz CT molecular complexity index is 392. The smallest absolute Gasteiger partial charge is 0.542 e. The summed E-state index contributed by atoms with van der Waals surface area (Å²) in [5, 5.41) is 10.8. The van der Waals surface area contributed by atoms with Crippen molar-refractivity contribution in [3.8, 4) is 0 Å². The van der Waals surface area contributed by atoms with Crippen molar-refractivity contribution in [1.82, 2.24) is 9.88 Å². The number of carboxylic acid groups (broad SMARTS) is 1. The maximum absolute atomic E-state index is 10.7. The number of rotatable bonds is 2. The van der Waals surface area contributed by atoms with Crippen LogP contribution < -0.4 is 24.0 Å². The van der Waals surface area contributed by atoms with Gasteiger partial charge in [-0.2, -0.15) is 0 Å². The second-order valence-corrected chi connectivity index (χ2v) is 5.07. The van der Waals surface area contributed by atoms with Gasteiger partial charge >= 0.3 is 18.9 Å². The van der Waals surface area contributed by atoms with Crippen molar-refractivity contribution in [2.75, 3.05) is 6.54 Å². The Balaban J connectivity index is 0.00000128. The average Bonchev–Trinajstić information content (AvgIpc) is 2.59. The number of carbonyl (C=O) groups is 1. The molecular weight excluding hydrogens is 219 g/mol. The van der Waals surface area contributed by atoms with Crippen LogP contribution in [0.2, 0.25) is 0 Å². The number of thiazole rings is 1. The molecule has 0 saturated carbocycles. The van der Waals surface area contributed by atoms with Crippen LogP contribution in [-0.4, -0.2) is 28.4 Å². The fraction of sp³-hybridized carbons (Fsp3) is 0.600. The normalized spacial score (nSPS) is 15.7. The van der Waals surface area contributed by atoms with E-state index in [9.17, 15) is 9.90 Å². The molecule has 2 heterocycles. The third-order valence-corrected chi connectivity index (χ3v) is 3.80. The maximum atomic E-state index is 10.7. The van der Waals surface area contributed by atoms with Gasteiger partial charge in [-0.3, -0.25) is 4.90 Å². The predicted octanol–water partition coefficient (Wildman–Crippen LogP) is -2.72. The largest absolute Gasteiger partial charge is 1.00 e. The minimum atomic E-state index is -1.16. The molecule has 1 aromatic heterocycles. The van der Waals surface area contributed by atoms with E-state index in [0.29, 0.717) is 6.04 Å². The minimum absolute atomic E-state index is 0. The Hall–Kier alpha value is -0.343. The van der Waals surface area contributed by atoms with Gasteiger partial charge < -0.3 is 9.90 Å². The van der Waals surface area contributed by atoms with Gasteiger partial charge in [0.2, 0.25) is 0 Å². The minimum Gasteiger partial charge on any atom is -0.542 e. The Morgan fingerprint density at radius 2 is 2.25 bits per heavy atom. The Labute approximate surface area is 111 Å². The third-order valence-electron chi connectivity index (χ3n) is 2.66. The molecule has 0 aliphatic carbocycles. The zero-order valence-electron chi connectivity index (χ0n) is 9.82. The fourth-order valence-electron chi connectivity index (χ4n) is 1.75. The van der Waals surface area contributed by atoms with Gasteiger partial charge in [0.05, 0.1) is 5.69 Å². The summed E-state index contributed by atoms with van der Waals surface area (Å²) in [6, 6.07) is 0.478. The number of aromatic carboxylic acids is 1. The van der Waals surface area contributed by atoms with E-state index in [4.69, 9.17) is 0 Å². The van der Waals surface area contributed by atoms with Crippen LogP contribution in [0.25, 0.3) is 0 Å². The molecule has 0 aromatic carbocycles. The van der Waals surface area contributed by atoms with Crippen molar-refractivity contribution in [3.05, 3.63) is 15.6 Å². The Morgan fingerprint density at radius 1 is 1.56 bits per heavy atom. The molecule has 0 fully saturated rings. The first-order valence-corrected chi connectivity index (χ1v) is 5.83. The zero-order valence-corrected chi connectivity index (χ0v) is 10.6. The van der Waals surface area contributed by atoms with Crippen LogP contribution in [0.15, 0.2) is 0 Å². The Morgan fingerprint density at radius 3 is 2.81 bits per heavy atom. The molecule has 0 spiro atoms. The van der Waals surface area contributed by atoms with Gasteiger partial charge in [-0.1, -0.05) is 0 Å². The van der Waals surface area contributed by atoms with Gasteiger partial charge in [-0.05, 0) is 20.3 Å². The number of hydrogen-bond acceptors (Lipinski definition) is 5. The van der Waals surface area contributed by atoms with Crippen LogP contribution in [-0.2, 0) is 13.0 Å². The summed E-state index contributed by atoms with van der Waals surface area (Å²) in [7, 11) is 0. The molecule has 4 nitrogen and oxygen atoms in total. The Kier molecular flexibility index (Phi) is 4.57. The fourth-order valence-corrected chi connectivity index (χ4v) is 2.64. The summed E-state index contributed by atoms with van der Waals surface area (Å²) >= 11 is 1.26. The summed E-state index contributed by atoms with van der Waals surface area (Å²) < 4.78 is 0. The summed E-state index contributed by atoms with van der Waals surface area (Å²) in [5.41, 5.74) is 0.916. The molecule has 1 aliphatic rings. The number of carbonyl (C=O) groups excluding carboxylic acids is 1. The molecular formula is C10H13LiN2O2S. The molecule has 16 heavy (non-hydrogen) atoms. The van der Waals surface area contributed by atoms with Gasteiger partial charge in [0.25, 0.3) is 0 Å². The summed E-state index contributed by atoms with van der Waals surface area (Å²) in [5.74, 6) is -1.16. The third kappa shape index (κ3) is 2.66. The molecule has 6 heteroatoms. The average molecular weight is 232 g/mol. The molecule has 0 amide bonds. The van der Waals surface area contributed by atoms with Crippen LogP contribution >= 0.6 is 11.3 Å². The predicted molar refractivity (Wildman–Crippen MR) is 55.7 cm³/mol. The molecule has 0 saturated heterocycles. The number of carboxylic acids is 1. The summed E-state index contributed by atoms with van der Waals surface area (Å²) in [6.45, 7) is 6.02. The van der Waals surface area contributed by atoms with Crippen molar-refractivity contribution in [3.63, 3.8) is 0 Å². The first kappa shape index (κ1) is 13.7. The number of aromatic nitrogens is 1. The van der Waals surface area contributed by atoms with Crippen LogP contribution in [0.5, 0.6) is 0 Å². The van der Waals surface area contributed by atoms with Crippen LogP contribution in [0.3, 0.4) is 0 Å². The van der Waals surface area contributed by atoms with Crippen LogP contribution in [0.1, 0.15) is 34.2 Å². The summed E-state index contributed by atoms with van der Waals surface area (Å²) in [6.07, 6.45) is 0.901. The van der Waals surface area contributed by atoms with E-state index in [1.54, 1.807) is 0 Å². The van der Waals surface area contributed by atoms with Crippen molar-refractivity contribution in [2.24, 2.45) is 0 Å². The first-order valence-electron chi connectivity index (χ1n) is 5.02. The quantitative estimate of drug-likeness (QED) is 0.520. The number of fused-ring (bicyclic) bond motifs is 1.